The summed E-state index contributed by atoms with van der Waals surface area (Å²) in [5.41, 5.74) is 6.83. The molecule has 127 heavy (non-hydrogen) atoms. The van der Waals surface area contributed by atoms with E-state index in [0.29, 0.717) is 56.5 Å². The summed E-state index contributed by atoms with van der Waals surface area (Å²) < 4.78 is 112. The largest absolute Gasteiger partial charge is 0.394 e. The van der Waals surface area contributed by atoms with Gasteiger partial charge in [-0.3, -0.25) is 27.4 Å². The number of anilines is 3. The molecule has 19 atom stereocenters. The quantitative estimate of drug-likeness (QED) is 0.0131. The fourth-order valence-electron chi connectivity index (χ4n) is 15.9. The number of aliphatic hydroxyl groups is 4. The number of nitrogens with zero attached hydrogens (tertiary/aromatic N) is 16. The molecule has 0 saturated carbocycles. The van der Waals surface area contributed by atoms with Gasteiger partial charge in [-0.2, -0.15) is 34.9 Å². The molecule has 7 fully saturated rings. The molecule has 0 aliphatic carbocycles. The van der Waals surface area contributed by atoms with Gasteiger partial charge in [0.1, 0.15) is 91.5 Å². The number of aromatic nitrogens is 16. The molecule has 18 rings (SSSR count). The first-order chi connectivity index (χ1) is 60.5. The highest BCUT2D eigenvalue weighted by Crippen LogP contribution is 2.51. The number of rotatable bonds is 27. The molecule has 3 aromatic carbocycles. The third-order valence-electron chi connectivity index (χ3n) is 21.4. The van der Waals surface area contributed by atoms with E-state index in [1.54, 1.807) is 40.2 Å². The summed E-state index contributed by atoms with van der Waals surface area (Å²) in [5, 5.41) is 50.5. The van der Waals surface area contributed by atoms with Gasteiger partial charge in [0.25, 0.3) is 0 Å². The van der Waals surface area contributed by atoms with Gasteiger partial charge >= 0.3 is 15.2 Å². The van der Waals surface area contributed by atoms with Crippen LogP contribution in [-0.2, 0) is 75.0 Å². The van der Waals surface area contributed by atoms with Crippen LogP contribution in [0.2, 0.25) is 26.3 Å². The van der Waals surface area contributed by atoms with Crippen LogP contribution in [0.25, 0.3) is 44.7 Å². The zero-order valence-corrected chi connectivity index (χ0v) is 75.8. The van der Waals surface area contributed by atoms with E-state index in [0.717, 1.165) is 16.7 Å². The van der Waals surface area contributed by atoms with Crippen molar-refractivity contribution >= 4 is 135 Å². The Morgan fingerprint density at radius 3 is 1.09 bits per heavy atom. The van der Waals surface area contributed by atoms with Crippen molar-refractivity contribution in [3.8, 4) is 0 Å². The van der Waals surface area contributed by atoms with Crippen LogP contribution in [0.3, 0.4) is 0 Å². The van der Waals surface area contributed by atoms with Crippen molar-refractivity contribution in [1.29, 1.82) is 0 Å². The summed E-state index contributed by atoms with van der Waals surface area (Å²) in [6.45, 7) is 20.4. The molecule has 11 aromatic rings. The highest BCUT2D eigenvalue weighted by atomic mass is 35.5. The monoisotopic (exact) mass is 1900 g/mol. The van der Waals surface area contributed by atoms with E-state index < -0.39 is 131 Å². The van der Waals surface area contributed by atoms with Crippen molar-refractivity contribution in [2.45, 2.75) is 210 Å². The van der Waals surface area contributed by atoms with Crippen LogP contribution < -0.4 is 16.0 Å². The maximum Gasteiger partial charge on any atom is 0.356 e. The zero-order chi connectivity index (χ0) is 90.3. The van der Waals surface area contributed by atoms with Gasteiger partial charge in [0.05, 0.1) is 83.1 Å². The van der Waals surface area contributed by atoms with Gasteiger partial charge in [-0.25, -0.2) is 24.9 Å². The Labute approximate surface area is 751 Å². The second kappa shape index (κ2) is 39.0. The van der Waals surface area contributed by atoms with Gasteiger partial charge in [0.15, 0.2) is 104 Å². The Bertz CT molecular complexity index is 5740. The van der Waals surface area contributed by atoms with Crippen LogP contribution in [-0.4, -0.2) is 251 Å². The summed E-state index contributed by atoms with van der Waals surface area (Å²) in [4.78, 5) is 69.6. The first-order valence-electron chi connectivity index (χ1n) is 40.6. The Kier molecular flexibility index (Phi) is 28.9. The molecule has 48 heteroatoms. The Morgan fingerprint density at radius 2 is 0.724 bits per heavy atom. The fraction of sp³-hybridized carbons (Fsp3) is 0.519. The number of halogens is 5. The lowest BCUT2D eigenvalue weighted by molar-refractivity contribution is -0.201. The minimum atomic E-state index is -4.37. The van der Waals surface area contributed by atoms with E-state index in [4.69, 9.17) is 134 Å². The number of nitrogens with one attached hydrogen (secondary N) is 3. The van der Waals surface area contributed by atoms with Crippen molar-refractivity contribution in [3.63, 3.8) is 0 Å². The normalized spacial score (nSPS) is 26.9. The van der Waals surface area contributed by atoms with Crippen molar-refractivity contribution in [3.05, 3.63) is 159 Å². The molecule has 684 valence electrons. The molecule has 0 unspecified atom stereocenters. The summed E-state index contributed by atoms with van der Waals surface area (Å²) in [6, 6.07) is 29.6. The molecule has 0 radical (unpaired) electrons. The number of imidazole rings is 4. The average Bonchev–Trinajstić information content (AvgIpc) is 1.59. The number of ether oxygens (including phenoxy) is 12. The van der Waals surface area contributed by atoms with Crippen molar-refractivity contribution in [1.82, 2.24) is 78.1 Å². The third kappa shape index (κ3) is 21.0. The van der Waals surface area contributed by atoms with E-state index in [2.05, 4.69) is 75.8 Å². The van der Waals surface area contributed by atoms with E-state index in [1.165, 1.54) is 17.2 Å². The molecular weight excluding hydrogens is 1810 g/mol. The van der Waals surface area contributed by atoms with Crippen molar-refractivity contribution in [2.24, 2.45) is 0 Å². The lowest BCUT2D eigenvalue weighted by atomic mass is 10.1. The molecule has 0 amide bonds. The predicted octanol–water partition coefficient (Wildman–Crippen LogP) is 11.3. The molecule has 8 aromatic heterocycles. The zero-order valence-electron chi connectivity index (χ0n) is 70.3. The van der Waals surface area contributed by atoms with Crippen LogP contribution in [0.4, 0.5) is 17.5 Å². The maximum absolute atomic E-state index is 12.8. The maximum atomic E-state index is 12.8. The van der Waals surface area contributed by atoms with Gasteiger partial charge < -0.3 is 112 Å². The summed E-state index contributed by atoms with van der Waals surface area (Å²) in [5.74, 6) is -0.956. The van der Waals surface area contributed by atoms with E-state index >= 15 is 0 Å². The number of hydrogen-bond donors (Lipinski definition) is 9. The van der Waals surface area contributed by atoms with E-state index in [-0.39, 0.29) is 102 Å². The molecule has 9 N–H and O–H groups in total. The lowest BCUT2D eigenvalue weighted by Crippen LogP contribution is -2.33. The number of hydrogen-bond acceptors (Lipinski definition) is 35. The van der Waals surface area contributed by atoms with Crippen molar-refractivity contribution in [2.75, 3.05) is 68.3 Å². The second-order valence-corrected chi connectivity index (χ2v) is 37.1. The van der Waals surface area contributed by atoms with Crippen LogP contribution in [0.5, 0.6) is 0 Å². The van der Waals surface area contributed by atoms with Gasteiger partial charge in [-0.1, -0.05) is 103 Å². The van der Waals surface area contributed by atoms with Crippen LogP contribution in [0.1, 0.15) is 136 Å². The standard InChI is InChI=1S/C26H35ClN5O7P.C21H24ClN5O4.C19H23ClN5O7P.C13H14Cl2N4O4/c1-6-35-40(33,36-7-2)15-34-13-18-20-21(39-26(4,5)38-20)24(37-18)32-14-28-19-22(30-25(27)31-23(19)32)29-16(3)17-11-9-8-10-12-17;1-11(12-7-5-4-6-8-12)24-17-14-18(26-20(22)25-17)27(10-23-14)19-16-15(13(9-28)29-19)30-21(2,3)31-16;1-10(11-5-3-2-4-6-11)22-16-13-17(24-19(20)23-16)25(8-21-13)18-15(27)14(26)12(32-18)7-31-9-33(28,29)30;1-13(2)22-7-5(3-20)21-11(8(7)23-13)19-4-16-6-9(14)17-12(15)18-10(6)19/h8-12,14,16,18,20-21,24H,6-7,13,15H2,1-5H3,(H,29,30,31);4-8,10-11,13,15-16,19,28H,9H2,1-3H3,(H,24,25,26);2-6,8,10,12,14-15,18,26-27H,7,9H2,1H3,(H,22,23,24)(H2,28,29,30);4-5,7-8,11,20H,3H2,1-2H3/t16-,18+,20+,21+,24+;11-,13+,15+,16+,19+;10-,12+,14+,15+,18+;5-,7-,8-,11-/m0001/s1. The predicted molar refractivity (Wildman–Crippen MR) is 460 cm³/mol. The topological polar surface area (TPSA) is 495 Å². The highest BCUT2D eigenvalue weighted by molar-refractivity contribution is 7.53. The first-order valence-corrected chi connectivity index (χ1v) is 46.0. The van der Waals surface area contributed by atoms with Gasteiger partial charge in [0.2, 0.25) is 21.1 Å². The minimum Gasteiger partial charge on any atom is -0.394 e. The summed E-state index contributed by atoms with van der Waals surface area (Å²) in [6.07, 6.45) is -5.56. The number of benzene rings is 3. The first kappa shape index (κ1) is 94.0. The fourth-order valence-corrected chi connectivity index (χ4v) is 18.5. The molecule has 7 saturated heterocycles. The Balaban J connectivity index is 0.000000132. The van der Waals surface area contributed by atoms with Crippen LogP contribution in [0, 0.1) is 0 Å². The number of fused-ring (bicyclic) bond motifs is 7. The van der Waals surface area contributed by atoms with E-state index in [1.807, 2.05) is 153 Å². The molecule has 7 aliphatic rings. The van der Waals surface area contributed by atoms with Crippen LogP contribution >= 0.6 is 73.2 Å². The summed E-state index contributed by atoms with van der Waals surface area (Å²) >= 11 is 30.7. The minimum absolute atomic E-state index is 0.0150. The molecule has 0 bridgehead atoms. The molecule has 7 aliphatic heterocycles. The Morgan fingerprint density at radius 1 is 0.417 bits per heavy atom. The highest BCUT2D eigenvalue weighted by Gasteiger charge is 2.59. The smallest absolute Gasteiger partial charge is 0.356 e. The molecule has 15 heterocycles. The molecule has 41 nitrogen and oxygen atoms in total. The SMILES string of the molecule is CC1(C)O[C@@H]2[C@H](O1)[C@@H](CO)O[C@H]2n1cnc2c(Cl)nc(Cl)nc21.CCOP(=O)(COC[C@H]1O[C@@H](n2cnc3c(N[C@@H](C)c4ccccc4)nc(Cl)nc32)[C@@H]2OC(C)(C)O[C@@H]21)OCC.C[C@H](Nc1nc(Cl)nc2c1ncn2[C@@H]1O[C@H](CO)[C@H]2OC(C)(C)O[C@H]21)c1ccccc1.C[C@H](Nc1nc(Cl)nc2c1ncn2[C@@H]1O[C@H](COCP(=O)(O)O)[C@@H](O)[C@H]1O)c1ccccc1. The third-order valence-corrected chi connectivity index (χ3v) is 24.6. The number of aliphatic hydroxyl groups excluding tert-OH is 4. The average molecular weight is 1900 g/mol. The Hall–Kier alpha value is -7.63. The summed E-state index contributed by atoms with van der Waals surface area (Å²) in [7, 11) is -7.75. The van der Waals surface area contributed by atoms with Gasteiger partial charge in [-0.15, -0.1) is 0 Å². The van der Waals surface area contributed by atoms with Gasteiger partial charge in [0, 0.05) is 0 Å². The molecule has 0 spiro atoms. The second-order valence-electron chi connectivity index (χ2n) is 31.8. The lowest BCUT2D eigenvalue weighted by Gasteiger charge is -2.25. The molecular formula is C79H96Cl5N19O22P2. The van der Waals surface area contributed by atoms with Gasteiger partial charge in [-0.05, 0) is 139 Å². The van der Waals surface area contributed by atoms with Crippen molar-refractivity contribution < 1.29 is 105 Å². The van der Waals surface area contributed by atoms with Crippen LogP contribution in [0.15, 0.2) is 116 Å². The van der Waals surface area contributed by atoms with E-state index in [9.17, 15) is 29.6 Å².